The first-order chi connectivity index (χ1) is 9.52. The molecular weight excluding hydrogens is 281 g/mol. The van der Waals surface area contributed by atoms with Crippen molar-refractivity contribution >= 4 is 23.0 Å². The second-order valence-electron chi connectivity index (χ2n) is 4.02. The van der Waals surface area contributed by atoms with Crippen LogP contribution >= 0.6 is 11.3 Å². The molecule has 1 aromatic heterocycles. The second kappa shape index (κ2) is 5.67. The third kappa shape index (κ3) is 2.75. The number of halogens is 1. The van der Waals surface area contributed by atoms with Crippen LogP contribution in [0.1, 0.15) is 34.0 Å². The van der Waals surface area contributed by atoms with Gasteiger partial charge in [0.1, 0.15) is 22.5 Å². The molecule has 0 aliphatic rings. The second-order valence-corrected chi connectivity index (χ2v) is 4.91. The summed E-state index contributed by atoms with van der Waals surface area (Å²) in [4.78, 5) is 14.7. The fraction of sp³-hybridized carbons (Fsp3) is 0.154. The Balaban J connectivity index is 2.23. The molecule has 1 aromatic carbocycles. The van der Waals surface area contributed by atoms with Gasteiger partial charge in [0.05, 0.1) is 11.7 Å². The molecule has 7 heteroatoms. The topological polar surface area (TPSA) is 86.0 Å². The molecule has 0 spiro atoms. The minimum Gasteiger partial charge on any atom is -0.476 e. The zero-order chi connectivity index (χ0) is 14.7. The number of aromatic carboxylic acids is 1. The SMILES string of the molecule is CC(Nc1cccc(F)c1C#N)c1nc(C(=O)O)cs1. The van der Waals surface area contributed by atoms with Crippen molar-refractivity contribution in [2.45, 2.75) is 13.0 Å². The maximum atomic E-state index is 13.5. The number of hydrogen-bond donors (Lipinski definition) is 2. The van der Waals surface area contributed by atoms with Crippen LogP contribution in [-0.4, -0.2) is 16.1 Å². The summed E-state index contributed by atoms with van der Waals surface area (Å²) in [6.45, 7) is 1.76. The van der Waals surface area contributed by atoms with E-state index in [1.54, 1.807) is 19.1 Å². The minimum atomic E-state index is -1.09. The molecule has 0 saturated carbocycles. The van der Waals surface area contributed by atoms with Gasteiger partial charge >= 0.3 is 5.97 Å². The molecule has 1 atom stereocenters. The molecule has 0 bridgehead atoms. The van der Waals surface area contributed by atoms with Gasteiger partial charge < -0.3 is 10.4 Å². The van der Waals surface area contributed by atoms with E-state index in [0.29, 0.717) is 10.7 Å². The lowest BCUT2D eigenvalue weighted by Gasteiger charge is -2.14. The fourth-order valence-electron chi connectivity index (χ4n) is 1.64. The number of carboxylic acids is 1. The molecule has 5 nitrogen and oxygen atoms in total. The van der Waals surface area contributed by atoms with Crippen molar-refractivity contribution in [3.05, 3.63) is 45.7 Å². The molecule has 1 heterocycles. The van der Waals surface area contributed by atoms with Crippen LogP contribution in [0.5, 0.6) is 0 Å². The first-order valence-corrected chi connectivity index (χ1v) is 6.54. The van der Waals surface area contributed by atoms with Gasteiger partial charge in [0.15, 0.2) is 5.69 Å². The van der Waals surface area contributed by atoms with Gasteiger partial charge in [0, 0.05) is 5.38 Å². The molecule has 2 rings (SSSR count). The number of rotatable bonds is 4. The third-order valence-electron chi connectivity index (χ3n) is 2.61. The Labute approximate surface area is 118 Å². The fourth-order valence-corrected chi connectivity index (χ4v) is 2.44. The molecule has 0 aliphatic heterocycles. The lowest BCUT2D eigenvalue weighted by Crippen LogP contribution is -2.09. The Morgan fingerprint density at radius 1 is 1.60 bits per heavy atom. The van der Waals surface area contributed by atoms with Gasteiger partial charge in [-0.25, -0.2) is 14.2 Å². The third-order valence-corrected chi connectivity index (χ3v) is 3.64. The lowest BCUT2D eigenvalue weighted by molar-refractivity contribution is 0.0691. The van der Waals surface area contributed by atoms with Gasteiger partial charge in [-0.15, -0.1) is 11.3 Å². The summed E-state index contributed by atoms with van der Waals surface area (Å²) in [5, 5.41) is 22.7. The summed E-state index contributed by atoms with van der Waals surface area (Å²) >= 11 is 1.19. The number of nitrogens with zero attached hydrogens (tertiary/aromatic N) is 2. The summed E-state index contributed by atoms with van der Waals surface area (Å²) in [6, 6.07) is 5.76. The molecule has 0 amide bonds. The van der Waals surface area contributed by atoms with Crippen LogP contribution < -0.4 is 5.32 Å². The predicted molar refractivity (Wildman–Crippen MR) is 72.2 cm³/mol. The van der Waals surface area contributed by atoms with Crippen LogP contribution in [0, 0.1) is 17.1 Å². The number of thiazole rings is 1. The molecule has 2 N–H and O–H groups in total. The molecule has 0 aliphatic carbocycles. The Morgan fingerprint density at radius 3 is 2.95 bits per heavy atom. The molecule has 0 fully saturated rings. The molecule has 102 valence electrons. The monoisotopic (exact) mass is 291 g/mol. The highest BCUT2D eigenvalue weighted by molar-refractivity contribution is 7.09. The number of aromatic nitrogens is 1. The van der Waals surface area contributed by atoms with Crippen LogP contribution in [-0.2, 0) is 0 Å². The van der Waals surface area contributed by atoms with E-state index in [0.717, 1.165) is 0 Å². The van der Waals surface area contributed by atoms with Gasteiger partial charge in [-0.05, 0) is 19.1 Å². The standard InChI is InChI=1S/C13H10FN3O2S/c1-7(12-17-11(6-20-12)13(18)19)16-10-4-2-3-9(14)8(10)5-15/h2-4,6-7,16H,1H3,(H,18,19). The van der Waals surface area contributed by atoms with Gasteiger partial charge in [-0.3, -0.25) is 0 Å². The van der Waals surface area contributed by atoms with E-state index in [1.165, 1.54) is 28.8 Å². The zero-order valence-electron chi connectivity index (χ0n) is 10.4. The molecule has 1 unspecified atom stereocenters. The molecule has 0 saturated heterocycles. The Morgan fingerprint density at radius 2 is 2.35 bits per heavy atom. The first-order valence-electron chi connectivity index (χ1n) is 5.66. The number of anilines is 1. The largest absolute Gasteiger partial charge is 0.476 e. The number of carboxylic acid groups (broad SMARTS) is 1. The number of benzene rings is 1. The summed E-state index contributed by atoms with van der Waals surface area (Å²) in [6.07, 6.45) is 0. The molecule has 2 aromatic rings. The van der Waals surface area contributed by atoms with Gasteiger partial charge in [-0.2, -0.15) is 5.26 Å². The van der Waals surface area contributed by atoms with E-state index in [1.807, 2.05) is 0 Å². The van der Waals surface area contributed by atoms with Gasteiger partial charge in [0.2, 0.25) is 0 Å². The van der Waals surface area contributed by atoms with Crippen LogP contribution in [0.3, 0.4) is 0 Å². The van der Waals surface area contributed by atoms with Gasteiger partial charge in [-0.1, -0.05) is 6.07 Å². The van der Waals surface area contributed by atoms with Crippen LogP contribution in [0.4, 0.5) is 10.1 Å². The van der Waals surface area contributed by atoms with E-state index >= 15 is 0 Å². The van der Waals surface area contributed by atoms with Crippen LogP contribution in [0.2, 0.25) is 0 Å². The van der Waals surface area contributed by atoms with E-state index < -0.39 is 11.8 Å². The maximum Gasteiger partial charge on any atom is 0.355 e. The van der Waals surface area contributed by atoms with Crippen molar-refractivity contribution in [3.8, 4) is 6.07 Å². The quantitative estimate of drug-likeness (QED) is 0.904. The first kappa shape index (κ1) is 14.0. The highest BCUT2D eigenvalue weighted by Crippen LogP contribution is 2.25. The Kier molecular flexibility index (Phi) is 3.96. The Bertz CT molecular complexity index is 693. The van der Waals surface area contributed by atoms with Crippen molar-refractivity contribution in [2.75, 3.05) is 5.32 Å². The van der Waals surface area contributed by atoms with Crippen molar-refractivity contribution in [2.24, 2.45) is 0 Å². The molecule has 0 radical (unpaired) electrons. The minimum absolute atomic E-state index is 0.0293. The normalized spacial score (nSPS) is 11.7. The smallest absolute Gasteiger partial charge is 0.355 e. The van der Waals surface area contributed by atoms with Crippen molar-refractivity contribution in [1.82, 2.24) is 4.98 Å². The highest BCUT2D eigenvalue weighted by atomic mass is 32.1. The van der Waals surface area contributed by atoms with Crippen LogP contribution in [0.15, 0.2) is 23.6 Å². The predicted octanol–water partition coefficient (Wildman–Crippen LogP) is 3.03. The summed E-state index contributed by atoms with van der Waals surface area (Å²) < 4.78 is 13.5. The highest BCUT2D eigenvalue weighted by Gasteiger charge is 2.16. The maximum absolute atomic E-state index is 13.5. The summed E-state index contributed by atoms with van der Waals surface area (Å²) in [5.41, 5.74) is 0.250. The van der Waals surface area contributed by atoms with Crippen molar-refractivity contribution in [3.63, 3.8) is 0 Å². The van der Waals surface area contributed by atoms with E-state index in [9.17, 15) is 9.18 Å². The molecular formula is C13H10FN3O2S. The van der Waals surface area contributed by atoms with E-state index in [-0.39, 0.29) is 17.3 Å². The Hall–Kier alpha value is -2.46. The van der Waals surface area contributed by atoms with E-state index in [4.69, 9.17) is 10.4 Å². The number of nitrogens with one attached hydrogen (secondary N) is 1. The van der Waals surface area contributed by atoms with Crippen molar-refractivity contribution in [1.29, 1.82) is 5.26 Å². The van der Waals surface area contributed by atoms with Crippen LogP contribution in [0.25, 0.3) is 0 Å². The number of carbonyl (C=O) groups is 1. The summed E-state index contributed by atoms with van der Waals surface area (Å²) in [5.74, 6) is -1.70. The average molecular weight is 291 g/mol. The number of nitriles is 1. The zero-order valence-corrected chi connectivity index (χ0v) is 11.2. The summed E-state index contributed by atoms with van der Waals surface area (Å²) in [7, 11) is 0. The molecule has 20 heavy (non-hydrogen) atoms. The number of hydrogen-bond acceptors (Lipinski definition) is 5. The average Bonchev–Trinajstić information content (AvgIpc) is 2.89. The lowest BCUT2D eigenvalue weighted by atomic mass is 10.1. The van der Waals surface area contributed by atoms with Crippen molar-refractivity contribution < 1.29 is 14.3 Å². The van der Waals surface area contributed by atoms with Gasteiger partial charge in [0.25, 0.3) is 0 Å². The van der Waals surface area contributed by atoms with E-state index in [2.05, 4.69) is 10.3 Å².